The molecule has 5 heteroatoms. The van der Waals surface area contributed by atoms with Crippen LogP contribution in [0.2, 0.25) is 0 Å². The van der Waals surface area contributed by atoms with Gasteiger partial charge >= 0.3 is 0 Å². The summed E-state index contributed by atoms with van der Waals surface area (Å²) in [4.78, 5) is 24.5. The van der Waals surface area contributed by atoms with Crippen molar-refractivity contribution >= 4 is 11.7 Å². The number of Topliss-reactive ketones (excluding diaryl/α,β-unsaturated/α-hetero) is 1. The summed E-state index contributed by atoms with van der Waals surface area (Å²) in [5.41, 5.74) is 0. The summed E-state index contributed by atoms with van der Waals surface area (Å²) in [6, 6.07) is 0. The first kappa shape index (κ1) is 18.1. The molecule has 0 N–H and O–H groups in total. The maximum absolute atomic E-state index is 11.6. The third kappa shape index (κ3) is 9.62. The second-order valence-electron chi connectivity index (χ2n) is 5.39. The van der Waals surface area contributed by atoms with E-state index in [1.807, 2.05) is 13.8 Å². The molecule has 0 saturated heterocycles. The summed E-state index contributed by atoms with van der Waals surface area (Å²) < 4.78 is 10.4. The third-order valence-electron chi connectivity index (χ3n) is 2.55. The normalized spacial score (nSPS) is 11.1. The molecule has 0 heterocycles. The summed E-state index contributed by atoms with van der Waals surface area (Å²) in [7, 11) is 1.77. The van der Waals surface area contributed by atoms with Crippen LogP contribution in [0.25, 0.3) is 0 Å². The van der Waals surface area contributed by atoms with Gasteiger partial charge in [0.1, 0.15) is 13.2 Å². The first-order valence-electron chi connectivity index (χ1n) is 6.76. The highest BCUT2D eigenvalue weighted by Crippen LogP contribution is 1.97. The Morgan fingerprint density at radius 1 is 1.00 bits per heavy atom. The van der Waals surface area contributed by atoms with E-state index in [1.165, 1.54) is 0 Å². The minimum Gasteiger partial charge on any atom is -0.371 e. The molecule has 0 aromatic carbocycles. The molecule has 0 rings (SSSR count). The lowest BCUT2D eigenvalue weighted by atomic mass is 10.1. The number of hydrogen-bond donors (Lipinski definition) is 0. The van der Waals surface area contributed by atoms with Crippen LogP contribution >= 0.6 is 0 Å². The lowest BCUT2D eigenvalue weighted by Gasteiger charge is -2.19. The van der Waals surface area contributed by atoms with Gasteiger partial charge in [-0.1, -0.05) is 27.7 Å². The molecule has 0 fully saturated rings. The molecule has 0 spiro atoms. The molecule has 5 nitrogen and oxygen atoms in total. The molecule has 0 aromatic heterocycles. The number of likely N-dealkylation sites (N-methyl/N-ethyl adjacent to an activating group) is 1. The fourth-order valence-corrected chi connectivity index (χ4v) is 1.38. The molecular weight excluding hydrogens is 246 g/mol. The Bertz CT molecular complexity index is 277. The fourth-order valence-electron chi connectivity index (χ4n) is 1.38. The highest BCUT2D eigenvalue weighted by molar-refractivity contribution is 5.81. The number of carbonyl (C=O) groups is 2. The van der Waals surface area contributed by atoms with Gasteiger partial charge in [-0.15, -0.1) is 0 Å². The van der Waals surface area contributed by atoms with Crippen molar-refractivity contribution in [3.63, 3.8) is 0 Å². The Labute approximate surface area is 116 Å². The Kier molecular flexibility index (Phi) is 9.43. The van der Waals surface area contributed by atoms with Crippen molar-refractivity contribution in [3.8, 4) is 0 Å². The van der Waals surface area contributed by atoms with E-state index in [9.17, 15) is 9.59 Å². The summed E-state index contributed by atoms with van der Waals surface area (Å²) in [5, 5.41) is 0. The molecule has 0 aliphatic rings. The van der Waals surface area contributed by atoms with Gasteiger partial charge in [0.05, 0.1) is 13.2 Å². The molecule has 0 aliphatic carbocycles. The highest BCUT2D eigenvalue weighted by atomic mass is 16.5. The largest absolute Gasteiger partial charge is 0.371 e. The average Bonchev–Trinajstić information content (AvgIpc) is 2.31. The maximum atomic E-state index is 11.6. The fraction of sp³-hybridized carbons (Fsp3) is 0.857. The van der Waals surface area contributed by atoms with Crippen LogP contribution in [0.4, 0.5) is 0 Å². The van der Waals surface area contributed by atoms with Crippen molar-refractivity contribution < 1.29 is 19.1 Å². The average molecular weight is 273 g/mol. The first-order chi connectivity index (χ1) is 8.84. The van der Waals surface area contributed by atoms with Crippen LogP contribution in [0.3, 0.4) is 0 Å². The van der Waals surface area contributed by atoms with Crippen LogP contribution < -0.4 is 0 Å². The molecule has 112 valence electrons. The standard InChI is InChI=1S/C14H27NO4/c1-11(2)8-15(5)14(17)10-19-7-6-18-9-13(16)12(3)4/h11-12H,6-10H2,1-5H3. The molecule has 1 amide bonds. The van der Waals surface area contributed by atoms with Crippen LogP contribution in [0.5, 0.6) is 0 Å². The predicted molar refractivity (Wildman–Crippen MR) is 74.0 cm³/mol. The van der Waals surface area contributed by atoms with Crippen LogP contribution in [0.1, 0.15) is 27.7 Å². The van der Waals surface area contributed by atoms with Crippen LogP contribution in [0.15, 0.2) is 0 Å². The maximum Gasteiger partial charge on any atom is 0.248 e. The zero-order valence-corrected chi connectivity index (χ0v) is 12.8. The molecule has 0 saturated carbocycles. The lowest BCUT2D eigenvalue weighted by Crippen LogP contribution is -2.33. The Morgan fingerprint density at radius 3 is 2.00 bits per heavy atom. The smallest absolute Gasteiger partial charge is 0.248 e. The van der Waals surface area contributed by atoms with Gasteiger partial charge in [-0.3, -0.25) is 9.59 Å². The van der Waals surface area contributed by atoms with Crippen molar-refractivity contribution in [2.45, 2.75) is 27.7 Å². The Morgan fingerprint density at radius 2 is 1.53 bits per heavy atom. The first-order valence-corrected chi connectivity index (χ1v) is 6.76. The van der Waals surface area contributed by atoms with Gasteiger partial charge < -0.3 is 14.4 Å². The van der Waals surface area contributed by atoms with Crippen molar-refractivity contribution in [2.24, 2.45) is 11.8 Å². The van der Waals surface area contributed by atoms with E-state index in [0.717, 1.165) is 6.54 Å². The summed E-state index contributed by atoms with van der Waals surface area (Å²) in [6.45, 7) is 9.35. The van der Waals surface area contributed by atoms with Crippen LogP contribution in [-0.4, -0.2) is 56.6 Å². The number of nitrogens with zero attached hydrogens (tertiary/aromatic N) is 1. The van der Waals surface area contributed by atoms with Crippen molar-refractivity contribution in [2.75, 3.05) is 40.0 Å². The van der Waals surface area contributed by atoms with E-state index in [0.29, 0.717) is 19.1 Å². The second-order valence-corrected chi connectivity index (χ2v) is 5.39. The summed E-state index contributed by atoms with van der Waals surface area (Å²) >= 11 is 0. The minimum atomic E-state index is -0.0352. The number of ketones is 1. The van der Waals surface area contributed by atoms with Crippen molar-refractivity contribution in [1.82, 2.24) is 4.90 Å². The van der Waals surface area contributed by atoms with Crippen LogP contribution in [0, 0.1) is 11.8 Å². The van der Waals surface area contributed by atoms with Crippen molar-refractivity contribution in [3.05, 3.63) is 0 Å². The molecule has 19 heavy (non-hydrogen) atoms. The van der Waals surface area contributed by atoms with E-state index < -0.39 is 0 Å². The van der Waals surface area contributed by atoms with Crippen molar-refractivity contribution in [1.29, 1.82) is 0 Å². The summed E-state index contributed by atoms with van der Waals surface area (Å²) in [6.07, 6.45) is 0. The molecule has 0 radical (unpaired) electrons. The van der Waals surface area contributed by atoms with E-state index >= 15 is 0 Å². The molecule has 0 aromatic rings. The molecular formula is C14H27NO4. The van der Waals surface area contributed by atoms with Gasteiger partial charge in [-0.2, -0.15) is 0 Å². The number of ether oxygens (including phenoxy) is 2. The monoisotopic (exact) mass is 273 g/mol. The number of rotatable bonds is 10. The number of amides is 1. The second kappa shape index (κ2) is 9.92. The predicted octanol–water partition coefficient (Wildman–Crippen LogP) is 1.36. The SMILES string of the molecule is CC(C)CN(C)C(=O)COCCOCC(=O)C(C)C. The van der Waals surface area contributed by atoms with Gasteiger partial charge in [0.25, 0.3) is 0 Å². The quantitative estimate of drug-likeness (QED) is 0.564. The Hall–Kier alpha value is -0.940. The third-order valence-corrected chi connectivity index (χ3v) is 2.55. The van der Waals surface area contributed by atoms with E-state index in [4.69, 9.17) is 9.47 Å². The topological polar surface area (TPSA) is 55.8 Å². The Balaban J connectivity index is 3.54. The highest BCUT2D eigenvalue weighted by Gasteiger charge is 2.10. The van der Waals surface area contributed by atoms with E-state index in [1.54, 1.807) is 11.9 Å². The minimum absolute atomic E-state index is 0.00724. The number of carbonyl (C=O) groups excluding carboxylic acids is 2. The van der Waals surface area contributed by atoms with Crippen LogP contribution in [-0.2, 0) is 19.1 Å². The van der Waals surface area contributed by atoms with Gasteiger partial charge in [-0.05, 0) is 5.92 Å². The molecule has 0 bridgehead atoms. The zero-order valence-electron chi connectivity index (χ0n) is 12.8. The van der Waals surface area contributed by atoms with Gasteiger partial charge in [0, 0.05) is 19.5 Å². The molecule has 0 unspecified atom stereocenters. The summed E-state index contributed by atoms with van der Waals surface area (Å²) in [5.74, 6) is 0.478. The number of hydrogen-bond acceptors (Lipinski definition) is 4. The van der Waals surface area contributed by atoms with E-state index in [-0.39, 0.29) is 30.8 Å². The lowest BCUT2D eigenvalue weighted by molar-refractivity contribution is -0.136. The zero-order chi connectivity index (χ0) is 14.8. The van der Waals surface area contributed by atoms with Gasteiger partial charge in [-0.25, -0.2) is 0 Å². The van der Waals surface area contributed by atoms with Gasteiger partial charge in [0.2, 0.25) is 5.91 Å². The molecule has 0 aliphatic heterocycles. The molecule has 0 atom stereocenters. The van der Waals surface area contributed by atoms with E-state index in [2.05, 4.69) is 13.8 Å². The van der Waals surface area contributed by atoms with Gasteiger partial charge in [0.15, 0.2) is 5.78 Å².